The predicted octanol–water partition coefficient (Wildman–Crippen LogP) is 3.39. The molecule has 182 valence electrons. The molecule has 4 rings (SSSR count). The molecule has 1 aromatic heterocycles. The largest absolute Gasteiger partial charge is 0.714 e. The smallest absolute Gasteiger partial charge is 0.363 e. The molecular formula is C26H28N4O5. The molecular weight excluding hydrogens is 448 g/mol. The topological polar surface area (TPSA) is 112 Å². The summed E-state index contributed by atoms with van der Waals surface area (Å²) in [6.45, 7) is 13.5. The first-order valence-corrected chi connectivity index (χ1v) is 11.3. The van der Waals surface area contributed by atoms with Crippen LogP contribution in [0.25, 0.3) is 10.8 Å². The molecule has 2 aliphatic rings. The lowest BCUT2D eigenvalue weighted by Crippen LogP contribution is -2.53. The highest BCUT2D eigenvalue weighted by atomic mass is 16.5. The summed E-state index contributed by atoms with van der Waals surface area (Å²) < 4.78 is 7.14. The highest BCUT2D eigenvalue weighted by Crippen LogP contribution is 2.37. The zero-order chi connectivity index (χ0) is 26.1. The van der Waals surface area contributed by atoms with Crippen molar-refractivity contribution < 1.29 is 24.3 Å². The van der Waals surface area contributed by atoms with Crippen LogP contribution in [0, 0.1) is 34.1 Å². The fourth-order valence-electron chi connectivity index (χ4n) is 3.92. The van der Waals surface area contributed by atoms with Gasteiger partial charge in [0.2, 0.25) is 0 Å². The summed E-state index contributed by atoms with van der Waals surface area (Å²) in [6.07, 6.45) is 0. The van der Waals surface area contributed by atoms with Crippen molar-refractivity contribution in [2.45, 2.75) is 77.5 Å². The lowest BCUT2D eigenvalue weighted by Gasteiger charge is -2.32. The molecule has 2 aliphatic heterocycles. The molecule has 0 amide bonds. The zero-order valence-corrected chi connectivity index (χ0v) is 21.1. The molecule has 0 bridgehead atoms. The van der Waals surface area contributed by atoms with E-state index in [2.05, 4.69) is 23.7 Å². The lowest BCUT2D eigenvalue weighted by molar-refractivity contribution is -0.539. The van der Waals surface area contributed by atoms with Gasteiger partial charge in [0.05, 0.1) is 0 Å². The molecule has 3 heterocycles. The van der Waals surface area contributed by atoms with Gasteiger partial charge in [-0.05, 0) is 79.4 Å². The molecule has 0 unspecified atom stereocenters. The van der Waals surface area contributed by atoms with E-state index in [0.29, 0.717) is 30.4 Å². The molecule has 2 radical (unpaired) electrons. The number of fused-ring (bicyclic) bond motifs is 1. The van der Waals surface area contributed by atoms with E-state index in [1.165, 1.54) is 0 Å². The van der Waals surface area contributed by atoms with Gasteiger partial charge in [0.1, 0.15) is 11.1 Å². The molecule has 0 saturated carbocycles. The fraction of sp³-hybridized carbons (Fsp3) is 0.462. The van der Waals surface area contributed by atoms with Gasteiger partial charge in [-0.15, -0.1) is 0 Å². The van der Waals surface area contributed by atoms with E-state index in [9.17, 15) is 20.8 Å². The molecule has 2 aromatic rings. The third kappa shape index (κ3) is 3.19. The van der Waals surface area contributed by atoms with Crippen molar-refractivity contribution in [3.63, 3.8) is 0 Å². The second-order valence-electron chi connectivity index (χ2n) is 10.9. The fourth-order valence-corrected chi connectivity index (χ4v) is 3.92. The summed E-state index contributed by atoms with van der Waals surface area (Å²) in [5.74, 6) is 11.0. The Hall–Kier alpha value is -3.66. The minimum absolute atomic E-state index is 0.205. The highest BCUT2D eigenvalue weighted by Gasteiger charge is 2.60. The Morgan fingerprint density at radius 1 is 0.686 bits per heavy atom. The number of hydroxylamine groups is 6. The first kappa shape index (κ1) is 24.5. The molecule has 1 aromatic carbocycles. The Morgan fingerprint density at radius 2 is 1.03 bits per heavy atom. The SMILES string of the molecule is CC1(C)N([O])C(C#Cc2oc(C#CC3=[N+]([O-])C(C)(C)C(C)(C)N3[O])c3ccccc23)=[N+]([O-])C1(C)C. The Labute approximate surface area is 204 Å². The molecule has 35 heavy (non-hydrogen) atoms. The summed E-state index contributed by atoms with van der Waals surface area (Å²) in [5.41, 5.74) is -3.91. The Kier molecular flexibility index (Phi) is 5.18. The first-order chi connectivity index (χ1) is 16.1. The van der Waals surface area contributed by atoms with Crippen LogP contribution >= 0.6 is 0 Å². The first-order valence-electron chi connectivity index (χ1n) is 11.3. The maximum absolute atomic E-state index is 12.8. The van der Waals surface area contributed by atoms with E-state index >= 15 is 0 Å². The van der Waals surface area contributed by atoms with Crippen molar-refractivity contribution in [3.05, 3.63) is 46.2 Å². The van der Waals surface area contributed by atoms with Gasteiger partial charge in [0.25, 0.3) is 0 Å². The number of furan rings is 1. The van der Waals surface area contributed by atoms with Crippen molar-refractivity contribution in [1.82, 2.24) is 10.1 Å². The van der Waals surface area contributed by atoms with E-state index in [4.69, 9.17) is 4.42 Å². The van der Waals surface area contributed by atoms with Crippen LogP contribution in [-0.2, 0) is 10.4 Å². The molecule has 0 saturated heterocycles. The summed E-state index contributed by atoms with van der Waals surface area (Å²) in [6, 6.07) is 7.15. The van der Waals surface area contributed by atoms with Crippen LogP contribution in [0.4, 0.5) is 0 Å². The molecule has 9 heteroatoms. The number of hydrogen-bond donors (Lipinski definition) is 0. The zero-order valence-electron chi connectivity index (χ0n) is 21.1. The summed E-state index contributed by atoms with van der Waals surface area (Å²) >= 11 is 0. The van der Waals surface area contributed by atoms with Crippen LogP contribution in [0.5, 0.6) is 0 Å². The maximum atomic E-state index is 12.8. The normalized spacial score (nSPS) is 21.8. The third-order valence-electron chi connectivity index (χ3n) is 7.99. The molecule has 0 aliphatic carbocycles. The quantitative estimate of drug-likeness (QED) is 0.329. The van der Waals surface area contributed by atoms with Gasteiger partial charge in [-0.3, -0.25) is 0 Å². The van der Waals surface area contributed by atoms with Crippen molar-refractivity contribution in [2.24, 2.45) is 0 Å². The van der Waals surface area contributed by atoms with Gasteiger partial charge >= 0.3 is 11.7 Å². The highest BCUT2D eigenvalue weighted by molar-refractivity contribution is 5.99. The van der Waals surface area contributed by atoms with Crippen molar-refractivity contribution in [3.8, 4) is 23.7 Å². The Morgan fingerprint density at radius 3 is 1.31 bits per heavy atom. The number of hydrogen-bond acceptors (Lipinski definition) is 5. The monoisotopic (exact) mass is 476 g/mol. The maximum Gasteiger partial charge on any atom is 0.363 e. The average molecular weight is 477 g/mol. The third-order valence-corrected chi connectivity index (χ3v) is 7.99. The van der Waals surface area contributed by atoms with Gasteiger partial charge in [-0.1, -0.05) is 22.3 Å². The van der Waals surface area contributed by atoms with Gasteiger partial charge in [-0.25, -0.2) is 9.48 Å². The average Bonchev–Trinajstić information content (AvgIpc) is 3.24. The molecule has 0 atom stereocenters. The van der Waals surface area contributed by atoms with E-state index in [0.717, 1.165) is 0 Å². The minimum atomic E-state index is -0.977. The number of nitrogens with zero attached hydrogens (tertiary/aromatic N) is 4. The van der Waals surface area contributed by atoms with Crippen LogP contribution in [0.1, 0.15) is 66.9 Å². The van der Waals surface area contributed by atoms with Crippen LogP contribution in [-0.4, -0.2) is 53.4 Å². The minimum Gasteiger partial charge on any atom is -0.714 e. The van der Waals surface area contributed by atoms with Crippen LogP contribution < -0.4 is 0 Å². The van der Waals surface area contributed by atoms with Crippen molar-refractivity contribution in [2.75, 3.05) is 0 Å². The van der Waals surface area contributed by atoms with Crippen LogP contribution in [0.3, 0.4) is 0 Å². The van der Waals surface area contributed by atoms with Gasteiger partial charge < -0.3 is 14.8 Å². The lowest BCUT2D eigenvalue weighted by atomic mass is 9.84. The van der Waals surface area contributed by atoms with Crippen LogP contribution in [0.2, 0.25) is 0 Å². The number of amidine groups is 2. The van der Waals surface area contributed by atoms with Crippen molar-refractivity contribution >= 4 is 22.4 Å². The Balaban J connectivity index is 1.79. The summed E-state index contributed by atoms with van der Waals surface area (Å²) in [4.78, 5) is 0. The van der Waals surface area contributed by atoms with Gasteiger partial charge in [-0.2, -0.15) is 0 Å². The standard InChI is InChI=1S/C26H28N4O5/c1-23(2)24(3,4)28(32)21(27(23)31)15-13-19-17-11-9-10-12-18(17)20(35-19)14-16-22-29(33)25(5,6)26(7,8)30(22)34/h9-12H,1-8H3. The molecule has 0 fully saturated rings. The summed E-state index contributed by atoms with van der Waals surface area (Å²) in [7, 11) is 0. The van der Waals surface area contributed by atoms with E-state index in [-0.39, 0.29) is 23.2 Å². The van der Waals surface area contributed by atoms with Crippen LogP contribution in [0.15, 0.2) is 28.7 Å². The molecule has 9 nitrogen and oxygen atoms in total. The van der Waals surface area contributed by atoms with E-state index in [1.807, 2.05) is 0 Å². The number of rotatable bonds is 0. The predicted molar refractivity (Wildman–Crippen MR) is 129 cm³/mol. The summed E-state index contributed by atoms with van der Waals surface area (Å²) in [5, 5.41) is 53.6. The van der Waals surface area contributed by atoms with Crippen molar-refractivity contribution in [1.29, 1.82) is 0 Å². The van der Waals surface area contributed by atoms with Gasteiger partial charge in [0.15, 0.2) is 22.6 Å². The van der Waals surface area contributed by atoms with E-state index < -0.39 is 22.2 Å². The van der Waals surface area contributed by atoms with Gasteiger partial charge in [0, 0.05) is 33.0 Å². The number of benzene rings is 1. The Bertz CT molecular complexity index is 1310. The molecule has 0 spiro atoms. The second kappa shape index (κ2) is 7.42. The van der Waals surface area contributed by atoms with E-state index in [1.54, 1.807) is 79.7 Å². The molecule has 0 N–H and O–H groups in total. The second-order valence-corrected chi connectivity index (χ2v) is 10.9.